The van der Waals surface area contributed by atoms with Crippen LogP contribution in [-0.2, 0) is 4.79 Å². The van der Waals surface area contributed by atoms with Gasteiger partial charge < -0.3 is 11.2 Å². The highest BCUT2D eigenvalue weighted by atomic mass is 35.5. The monoisotopic (exact) mass is 341 g/mol. The Morgan fingerprint density at radius 2 is 2.00 bits per heavy atom. The lowest BCUT2D eigenvalue weighted by molar-refractivity contribution is -0.113. The Morgan fingerprint density at radius 1 is 1.32 bits per heavy atom. The Balaban J connectivity index is 0.00000242. The third-order valence-corrected chi connectivity index (χ3v) is 3.71. The zero-order valence-corrected chi connectivity index (χ0v) is 13.7. The number of nitrogen functional groups attached to an aromatic ring is 1. The molecule has 0 saturated heterocycles. The molecular formula is C13H16ClN5O2S. The molecule has 0 atom stereocenters. The van der Waals surface area contributed by atoms with Gasteiger partial charge in [-0.1, -0.05) is 30.0 Å². The highest BCUT2D eigenvalue weighted by molar-refractivity contribution is 7.99. The van der Waals surface area contributed by atoms with E-state index in [0.29, 0.717) is 0 Å². The van der Waals surface area contributed by atoms with E-state index in [4.69, 9.17) is 5.84 Å². The number of carbonyl (C=O) groups is 1. The largest absolute Gasteiger partial charge is 0.334 e. The van der Waals surface area contributed by atoms with Crippen LogP contribution < -0.4 is 16.7 Å². The van der Waals surface area contributed by atoms with Gasteiger partial charge in [0.05, 0.1) is 5.75 Å². The molecule has 9 heteroatoms. The lowest BCUT2D eigenvalue weighted by atomic mass is 10.2. The summed E-state index contributed by atoms with van der Waals surface area (Å²) in [6.45, 7) is 3.43. The van der Waals surface area contributed by atoms with Crippen molar-refractivity contribution in [1.82, 2.24) is 14.9 Å². The number of hydrogen-bond acceptors (Lipinski definition) is 6. The van der Waals surface area contributed by atoms with E-state index in [1.54, 1.807) is 0 Å². The van der Waals surface area contributed by atoms with Crippen LogP contribution in [0.3, 0.4) is 0 Å². The maximum Gasteiger partial charge on any atom is 0.294 e. The number of carbonyl (C=O) groups excluding carboxylic acids is 1. The number of nitrogens with one attached hydrogen (secondary N) is 1. The number of benzene rings is 1. The molecule has 0 unspecified atom stereocenters. The van der Waals surface area contributed by atoms with Crippen LogP contribution in [0.2, 0.25) is 0 Å². The summed E-state index contributed by atoms with van der Waals surface area (Å²) >= 11 is 1.06. The van der Waals surface area contributed by atoms with Crippen molar-refractivity contribution in [1.29, 1.82) is 0 Å². The molecule has 1 amide bonds. The molecule has 0 fully saturated rings. The summed E-state index contributed by atoms with van der Waals surface area (Å²) in [7, 11) is 0. The average Bonchev–Trinajstić information content (AvgIpc) is 2.46. The van der Waals surface area contributed by atoms with Crippen molar-refractivity contribution in [3.63, 3.8) is 0 Å². The number of rotatable bonds is 4. The Bertz CT molecular complexity index is 735. The molecule has 0 spiro atoms. The average molecular weight is 342 g/mol. The number of aromatic nitrogens is 3. The SMILES string of the molecule is Cc1ccccc1NC(=O)CSc1nnc(C)c(=O)n1N.Cl. The second-order valence-corrected chi connectivity index (χ2v) is 5.34. The quantitative estimate of drug-likeness (QED) is 0.638. The van der Waals surface area contributed by atoms with Crippen LogP contribution in [0.25, 0.3) is 0 Å². The topological polar surface area (TPSA) is 103 Å². The number of aryl methyl sites for hydroxylation is 2. The summed E-state index contributed by atoms with van der Waals surface area (Å²) in [5.74, 6) is 5.48. The van der Waals surface area contributed by atoms with Crippen LogP contribution in [-0.4, -0.2) is 26.5 Å². The minimum atomic E-state index is -0.424. The number of halogens is 1. The minimum absolute atomic E-state index is 0. The predicted molar refractivity (Wildman–Crippen MR) is 89.0 cm³/mol. The number of amides is 1. The van der Waals surface area contributed by atoms with Crippen molar-refractivity contribution in [3.05, 3.63) is 45.9 Å². The van der Waals surface area contributed by atoms with Gasteiger partial charge in [-0.25, -0.2) is 0 Å². The van der Waals surface area contributed by atoms with Crippen LogP contribution in [0.15, 0.2) is 34.2 Å². The minimum Gasteiger partial charge on any atom is -0.334 e. The van der Waals surface area contributed by atoms with E-state index < -0.39 is 5.56 Å². The van der Waals surface area contributed by atoms with Crippen molar-refractivity contribution in [2.45, 2.75) is 19.0 Å². The van der Waals surface area contributed by atoms with Gasteiger partial charge in [0.1, 0.15) is 5.69 Å². The Morgan fingerprint density at radius 3 is 2.68 bits per heavy atom. The molecule has 1 aromatic heterocycles. The zero-order valence-electron chi connectivity index (χ0n) is 12.1. The first-order valence-electron chi connectivity index (χ1n) is 6.18. The van der Waals surface area contributed by atoms with Gasteiger partial charge in [0.15, 0.2) is 0 Å². The van der Waals surface area contributed by atoms with Crippen molar-refractivity contribution in [3.8, 4) is 0 Å². The second kappa shape index (κ2) is 7.81. The number of nitrogens with two attached hydrogens (primary N) is 1. The fourth-order valence-corrected chi connectivity index (χ4v) is 2.25. The van der Waals surface area contributed by atoms with Crippen LogP contribution in [0.5, 0.6) is 0 Å². The summed E-state index contributed by atoms with van der Waals surface area (Å²) in [4.78, 5) is 23.5. The van der Waals surface area contributed by atoms with Gasteiger partial charge >= 0.3 is 0 Å². The van der Waals surface area contributed by atoms with E-state index >= 15 is 0 Å². The number of hydrogen-bond donors (Lipinski definition) is 2. The molecule has 0 saturated carbocycles. The molecule has 0 aliphatic heterocycles. The summed E-state index contributed by atoms with van der Waals surface area (Å²) in [5.41, 5.74) is 1.52. The highest BCUT2D eigenvalue weighted by Gasteiger charge is 2.10. The van der Waals surface area contributed by atoms with E-state index in [0.717, 1.165) is 27.7 Å². The first-order valence-corrected chi connectivity index (χ1v) is 7.17. The Labute approximate surface area is 137 Å². The molecule has 2 aromatic rings. The lowest BCUT2D eigenvalue weighted by Crippen LogP contribution is -2.32. The van der Waals surface area contributed by atoms with Crippen LogP contribution in [0.1, 0.15) is 11.3 Å². The second-order valence-electron chi connectivity index (χ2n) is 4.39. The highest BCUT2D eigenvalue weighted by Crippen LogP contribution is 2.15. The van der Waals surface area contributed by atoms with Gasteiger partial charge in [-0.05, 0) is 25.5 Å². The van der Waals surface area contributed by atoms with Gasteiger partial charge in [-0.15, -0.1) is 22.6 Å². The van der Waals surface area contributed by atoms with Crippen LogP contribution in [0.4, 0.5) is 5.69 Å². The molecular weight excluding hydrogens is 326 g/mol. The fraction of sp³-hybridized carbons (Fsp3) is 0.231. The number of thioether (sulfide) groups is 1. The van der Waals surface area contributed by atoms with E-state index in [2.05, 4.69) is 15.5 Å². The van der Waals surface area contributed by atoms with E-state index in [1.807, 2.05) is 31.2 Å². The van der Waals surface area contributed by atoms with Gasteiger partial charge in [0, 0.05) is 5.69 Å². The van der Waals surface area contributed by atoms with Crippen molar-refractivity contribution < 1.29 is 4.79 Å². The summed E-state index contributed by atoms with van der Waals surface area (Å²) in [6, 6.07) is 7.47. The summed E-state index contributed by atoms with van der Waals surface area (Å²) in [5, 5.41) is 10.5. The van der Waals surface area contributed by atoms with Crippen molar-refractivity contribution in [2.75, 3.05) is 16.9 Å². The number of para-hydroxylation sites is 1. The number of nitrogens with zero attached hydrogens (tertiary/aromatic N) is 3. The van der Waals surface area contributed by atoms with Gasteiger partial charge in [-0.3, -0.25) is 9.59 Å². The molecule has 0 radical (unpaired) electrons. The van der Waals surface area contributed by atoms with Crippen LogP contribution in [0, 0.1) is 13.8 Å². The molecule has 1 aromatic carbocycles. The normalized spacial score (nSPS) is 9.91. The van der Waals surface area contributed by atoms with E-state index in [9.17, 15) is 9.59 Å². The molecule has 22 heavy (non-hydrogen) atoms. The molecule has 0 aliphatic carbocycles. The molecule has 0 aliphatic rings. The third-order valence-electron chi connectivity index (χ3n) is 2.77. The Hall–Kier alpha value is -2.06. The van der Waals surface area contributed by atoms with Crippen LogP contribution >= 0.6 is 24.2 Å². The first kappa shape index (κ1) is 18.0. The van der Waals surface area contributed by atoms with Crippen molar-refractivity contribution in [2.24, 2.45) is 0 Å². The summed E-state index contributed by atoms with van der Waals surface area (Å²) < 4.78 is 0.897. The molecule has 118 valence electrons. The van der Waals surface area contributed by atoms with E-state index in [-0.39, 0.29) is 34.9 Å². The summed E-state index contributed by atoms with van der Waals surface area (Å²) in [6.07, 6.45) is 0. The fourth-order valence-electron chi connectivity index (χ4n) is 1.60. The van der Waals surface area contributed by atoms with Gasteiger partial charge in [-0.2, -0.15) is 4.68 Å². The molecule has 0 bridgehead atoms. The molecule has 3 N–H and O–H groups in total. The lowest BCUT2D eigenvalue weighted by Gasteiger charge is -2.08. The van der Waals surface area contributed by atoms with Gasteiger partial charge in [0.2, 0.25) is 11.1 Å². The zero-order chi connectivity index (χ0) is 15.4. The smallest absolute Gasteiger partial charge is 0.294 e. The maximum absolute atomic E-state index is 11.9. The molecule has 7 nitrogen and oxygen atoms in total. The molecule has 1 heterocycles. The number of anilines is 1. The molecule has 2 rings (SSSR count). The first-order chi connectivity index (χ1) is 9.99. The predicted octanol–water partition coefficient (Wildman–Crippen LogP) is 1.12. The van der Waals surface area contributed by atoms with E-state index in [1.165, 1.54) is 6.92 Å². The standard InChI is InChI=1S/C13H15N5O2S.ClH/c1-8-5-3-4-6-10(8)15-11(19)7-21-13-17-16-9(2)12(20)18(13)14;/h3-6H,7,14H2,1-2H3,(H,15,19);1H. The van der Waals surface area contributed by atoms with Crippen molar-refractivity contribution >= 4 is 35.8 Å². The Kier molecular flexibility index (Phi) is 6.39. The third kappa shape index (κ3) is 4.22. The van der Waals surface area contributed by atoms with Gasteiger partial charge in [0.25, 0.3) is 5.56 Å². The maximum atomic E-state index is 11.9.